The van der Waals surface area contributed by atoms with Crippen LogP contribution in [0.4, 0.5) is 17.6 Å². The Kier molecular flexibility index (Phi) is 2.51. The zero-order valence-electron chi connectivity index (χ0n) is 5.70. The van der Waals surface area contributed by atoms with Crippen molar-refractivity contribution in [1.29, 1.82) is 0 Å². The summed E-state index contributed by atoms with van der Waals surface area (Å²) in [7, 11) is 0. The lowest BCUT2D eigenvalue weighted by molar-refractivity contribution is -0.307. The summed E-state index contributed by atoms with van der Waals surface area (Å²) in [5.41, 5.74) is 0. The largest absolute Gasteiger partial charge is 0.380 e. The van der Waals surface area contributed by atoms with Gasteiger partial charge in [0, 0.05) is 0 Å². The summed E-state index contributed by atoms with van der Waals surface area (Å²) in [5.74, 6) is -3.27. The van der Waals surface area contributed by atoms with E-state index in [-0.39, 0.29) is 13.2 Å². The Bertz CT molecular complexity index is 163. The van der Waals surface area contributed by atoms with E-state index in [4.69, 9.17) is 0 Å². The standard InChI is InChI=1S/C5H5ClF4O2/c6-5(9,10)4(3(7)8)11-1-2-12-4/h3H,1-2H2. The number of halogens is 5. The molecule has 0 unspecified atom stereocenters. The predicted molar refractivity (Wildman–Crippen MR) is 31.4 cm³/mol. The topological polar surface area (TPSA) is 18.5 Å². The van der Waals surface area contributed by atoms with Crippen LogP contribution in [0.5, 0.6) is 0 Å². The van der Waals surface area contributed by atoms with Gasteiger partial charge in [0.25, 0.3) is 6.43 Å². The molecule has 0 aromatic carbocycles. The van der Waals surface area contributed by atoms with E-state index < -0.39 is 17.6 Å². The van der Waals surface area contributed by atoms with Crippen LogP contribution in [0.2, 0.25) is 0 Å². The number of ether oxygens (including phenoxy) is 2. The third-order valence-electron chi connectivity index (χ3n) is 1.40. The number of hydrogen-bond donors (Lipinski definition) is 0. The van der Waals surface area contributed by atoms with Gasteiger partial charge in [0.05, 0.1) is 13.2 Å². The van der Waals surface area contributed by atoms with Crippen LogP contribution in [0.3, 0.4) is 0 Å². The summed E-state index contributed by atoms with van der Waals surface area (Å²) in [4.78, 5) is 0. The minimum atomic E-state index is -4.22. The van der Waals surface area contributed by atoms with E-state index in [0.29, 0.717) is 0 Å². The van der Waals surface area contributed by atoms with Gasteiger partial charge >= 0.3 is 11.2 Å². The van der Waals surface area contributed by atoms with Crippen LogP contribution in [-0.2, 0) is 9.47 Å². The van der Waals surface area contributed by atoms with E-state index in [2.05, 4.69) is 21.1 Å². The SMILES string of the molecule is FC(F)C1(C(F)(F)Cl)OCCO1. The fourth-order valence-corrected chi connectivity index (χ4v) is 1.03. The predicted octanol–water partition coefficient (Wildman–Crippen LogP) is 1.83. The smallest absolute Gasteiger partial charge is 0.337 e. The van der Waals surface area contributed by atoms with Crippen molar-refractivity contribution >= 4 is 11.6 Å². The lowest BCUT2D eigenvalue weighted by Crippen LogP contribution is -2.51. The van der Waals surface area contributed by atoms with Gasteiger partial charge < -0.3 is 9.47 Å². The molecular weight excluding hydrogens is 203 g/mol. The fourth-order valence-electron chi connectivity index (χ4n) is 0.842. The number of hydrogen-bond acceptors (Lipinski definition) is 2. The molecule has 0 saturated carbocycles. The first-order chi connectivity index (χ1) is 5.40. The minimum absolute atomic E-state index is 0.313. The van der Waals surface area contributed by atoms with Crippen LogP contribution < -0.4 is 0 Å². The summed E-state index contributed by atoms with van der Waals surface area (Å²) in [6.07, 6.45) is -3.48. The highest BCUT2D eigenvalue weighted by atomic mass is 35.5. The van der Waals surface area contributed by atoms with Crippen molar-refractivity contribution in [2.75, 3.05) is 13.2 Å². The maximum absolute atomic E-state index is 12.4. The van der Waals surface area contributed by atoms with Crippen molar-refractivity contribution in [3.05, 3.63) is 0 Å². The van der Waals surface area contributed by atoms with E-state index in [1.807, 2.05) is 0 Å². The quantitative estimate of drug-likeness (QED) is 0.509. The molecular formula is C5H5ClF4O2. The Morgan fingerprint density at radius 3 is 1.83 bits per heavy atom. The second kappa shape index (κ2) is 3.01. The van der Waals surface area contributed by atoms with E-state index in [9.17, 15) is 17.6 Å². The fraction of sp³-hybridized carbons (Fsp3) is 1.00. The molecule has 0 aliphatic carbocycles. The molecule has 1 rings (SSSR count). The first kappa shape index (κ1) is 10.0. The zero-order chi connectivity index (χ0) is 9.41. The Morgan fingerprint density at radius 2 is 1.67 bits per heavy atom. The average molecular weight is 209 g/mol. The van der Waals surface area contributed by atoms with Crippen molar-refractivity contribution in [2.24, 2.45) is 0 Å². The molecule has 0 aromatic heterocycles. The molecule has 7 heteroatoms. The number of alkyl halides is 5. The van der Waals surface area contributed by atoms with E-state index in [1.165, 1.54) is 0 Å². The molecule has 72 valence electrons. The van der Waals surface area contributed by atoms with Gasteiger partial charge in [0.1, 0.15) is 0 Å². The Balaban J connectivity index is 2.87. The lowest BCUT2D eigenvalue weighted by Gasteiger charge is -2.29. The van der Waals surface area contributed by atoms with Gasteiger partial charge in [-0.15, -0.1) is 0 Å². The molecule has 0 aromatic rings. The van der Waals surface area contributed by atoms with Gasteiger partial charge in [-0.3, -0.25) is 0 Å². The van der Waals surface area contributed by atoms with E-state index >= 15 is 0 Å². The highest BCUT2D eigenvalue weighted by Gasteiger charge is 2.64. The van der Waals surface area contributed by atoms with Gasteiger partial charge in [0.15, 0.2) is 0 Å². The molecule has 2 nitrogen and oxygen atoms in total. The maximum Gasteiger partial charge on any atom is 0.380 e. The average Bonchev–Trinajstić information content (AvgIpc) is 2.31. The lowest BCUT2D eigenvalue weighted by atomic mass is 10.3. The van der Waals surface area contributed by atoms with Crippen LogP contribution in [0, 0.1) is 0 Å². The van der Waals surface area contributed by atoms with E-state index in [0.717, 1.165) is 0 Å². The molecule has 0 atom stereocenters. The van der Waals surface area contributed by atoms with Crippen molar-refractivity contribution in [3.8, 4) is 0 Å². The monoisotopic (exact) mass is 208 g/mol. The molecule has 0 amide bonds. The van der Waals surface area contributed by atoms with Crippen LogP contribution >= 0.6 is 11.6 Å². The molecule has 1 fully saturated rings. The summed E-state index contributed by atoms with van der Waals surface area (Å²) in [6.45, 7) is -0.626. The minimum Gasteiger partial charge on any atom is -0.337 e. The van der Waals surface area contributed by atoms with Gasteiger partial charge in [-0.25, -0.2) is 8.78 Å². The van der Waals surface area contributed by atoms with Crippen LogP contribution in [-0.4, -0.2) is 30.8 Å². The van der Waals surface area contributed by atoms with Crippen LogP contribution in [0.25, 0.3) is 0 Å². The van der Waals surface area contributed by atoms with Crippen LogP contribution in [0.15, 0.2) is 0 Å². The second-order valence-corrected chi connectivity index (χ2v) is 2.64. The molecule has 1 aliphatic rings. The Hall–Kier alpha value is -0.0700. The Morgan fingerprint density at radius 1 is 1.25 bits per heavy atom. The van der Waals surface area contributed by atoms with Crippen molar-refractivity contribution in [1.82, 2.24) is 0 Å². The van der Waals surface area contributed by atoms with Gasteiger partial charge in [-0.2, -0.15) is 8.78 Å². The molecule has 1 heterocycles. The zero-order valence-corrected chi connectivity index (χ0v) is 6.45. The summed E-state index contributed by atoms with van der Waals surface area (Å²) in [6, 6.07) is 0. The second-order valence-electron chi connectivity index (χ2n) is 2.16. The van der Waals surface area contributed by atoms with Crippen molar-refractivity contribution in [2.45, 2.75) is 17.6 Å². The van der Waals surface area contributed by atoms with Gasteiger partial charge in [-0.1, -0.05) is 0 Å². The van der Waals surface area contributed by atoms with Crippen molar-refractivity contribution in [3.63, 3.8) is 0 Å². The van der Waals surface area contributed by atoms with Crippen LogP contribution in [0.1, 0.15) is 0 Å². The summed E-state index contributed by atoms with van der Waals surface area (Å²) in [5, 5.41) is -4.22. The van der Waals surface area contributed by atoms with Gasteiger partial charge in [-0.05, 0) is 11.6 Å². The van der Waals surface area contributed by atoms with Gasteiger partial charge in [0.2, 0.25) is 0 Å². The molecule has 0 radical (unpaired) electrons. The molecule has 0 N–H and O–H groups in total. The summed E-state index contributed by atoms with van der Waals surface area (Å²) < 4.78 is 57.1. The van der Waals surface area contributed by atoms with E-state index in [1.54, 1.807) is 0 Å². The first-order valence-electron chi connectivity index (χ1n) is 3.03. The highest BCUT2D eigenvalue weighted by Crippen LogP contribution is 2.43. The molecule has 1 aliphatic heterocycles. The highest BCUT2D eigenvalue weighted by molar-refractivity contribution is 6.22. The Labute approximate surface area is 70.4 Å². The molecule has 12 heavy (non-hydrogen) atoms. The third kappa shape index (κ3) is 1.38. The first-order valence-corrected chi connectivity index (χ1v) is 3.41. The summed E-state index contributed by atoms with van der Waals surface area (Å²) >= 11 is 4.43. The maximum atomic E-state index is 12.4. The molecule has 1 saturated heterocycles. The molecule has 0 bridgehead atoms. The normalized spacial score (nSPS) is 23.5. The molecule has 0 spiro atoms. The van der Waals surface area contributed by atoms with Crippen molar-refractivity contribution < 1.29 is 27.0 Å². The number of rotatable bonds is 2. The third-order valence-corrected chi connectivity index (χ3v) is 1.66.